The highest BCUT2D eigenvalue weighted by Crippen LogP contribution is 2.34. The summed E-state index contributed by atoms with van der Waals surface area (Å²) in [7, 11) is 0. The molecule has 0 aliphatic heterocycles. The van der Waals surface area contributed by atoms with E-state index in [0.717, 1.165) is 24.8 Å². The van der Waals surface area contributed by atoms with E-state index in [1.165, 1.54) is 29.3 Å². The van der Waals surface area contributed by atoms with Crippen LogP contribution in [0.25, 0.3) is 0 Å². The van der Waals surface area contributed by atoms with Crippen molar-refractivity contribution in [3.05, 3.63) is 70.3 Å². The third-order valence-corrected chi connectivity index (χ3v) is 4.14. The van der Waals surface area contributed by atoms with Crippen LogP contribution in [0.2, 0.25) is 0 Å². The first-order valence-corrected chi connectivity index (χ1v) is 6.80. The molecule has 19 heavy (non-hydrogen) atoms. The van der Waals surface area contributed by atoms with Crippen molar-refractivity contribution in [1.29, 1.82) is 0 Å². The molecule has 0 heterocycles. The van der Waals surface area contributed by atoms with Crippen molar-refractivity contribution in [2.45, 2.75) is 24.6 Å². The van der Waals surface area contributed by atoms with Gasteiger partial charge in [-0.3, -0.25) is 0 Å². The summed E-state index contributed by atoms with van der Waals surface area (Å²) in [6, 6.07) is 9.69. The number of fused-ring (bicyclic) bond motifs is 1. The predicted octanol–water partition coefficient (Wildman–Crippen LogP) is 4.78. The zero-order chi connectivity index (χ0) is 13.4. The minimum Gasteiger partial charge on any atom is -0.207 e. The Balaban J connectivity index is 2.02. The zero-order valence-corrected chi connectivity index (χ0v) is 11.1. The Hall–Kier alpha value is -1.41. The maximum absolute atomic E-state index is 13.7. The molecule has 1 unspecified atom stereocenters. The van der Waals surface area contributed by atoms with Crippen molar-refractivity contribution in [3.8, 4) is 0 Å². The Bertz CT molecular complexity index is 602. The lowest BCUT2D eigenvalue weighted by Crippen LogP contribution is -2.01. The van der Waals surface area contributed by atoms with Crippen molar-refractivity contribution in [2.75, 3.05) is 0 Å². The first-order chi connectivity index (χ1) is 9.16. The molecule has 1 aliphatic carbocycles. The van der Waals surface area contributed by atoms with Gasteiger partial charge in [-0.2, -0.15) is 0 Å². The van der Waals surface area contributed by atoms with Crippen LogP contribution in [0.3, 0.4) is 0 Å². The molecule has 0 saturated heterocycles. The lowest BCUT2D eigenvalue weighted by molar-refractivity contribution is 0.559. The molecule has 0 nitrogen and oxygen atoms in total. The molecule has 2 aromatic rings. The van der Waals surface area contributed by atoms with Crippen LogP contribution in [0.5, 0.6) is 0 Å². The van der Waals surface area contributed by atoms with Crippen LogP contribution in [0.15, 0.2) is 36.4 Å². The molecule has 0 spiro atoms. The van der Waals surface area contributed by atoms with Gasteiger partial charge in [0.2, 0.25) is 0 Å². The van der Waals surface area contributed by atoms with Crippen LogP contribution < -0.4 is 0 Å². The standard InChI is InChI=1S/C16H13ClF2/c17-16(15-13(18)5-2-6-14(15)19)12-8-7-10-3-1-4-11(10)9-12/h2,5-9,16H,1,3-4H2. The molecular weight excluding hydrogens is 266 g/mol. The second kappa shape index (κ2) is 4.93. The third kappa shape index (κ3) is 2.25. The van der Waals surface area contributed by atoms with E-state index in [0.29, 0.717) is 0 Å². The maximum atomic E-state index is 13.7. The van der Waals surface area contributed by atoms with Gasteiger partial charge in [-0.1, -0.05) is 24.3 Å². The summed E-state index contributed by atoms with van der Waals surface area (Å²) < 4.78 is 27.5. The monoisotopic (exact) mass is 278 g/mol. The van der Waals surface area contributed by atoms with Gasteiger partial charge < -0.3 is 0 Å². The van der Waals surface area contributed by atoms with Gasteiger partial charge in [0.25, 0.3) is 0 Å². The first-order valence-electron chi connectivity index (χ1n) is 6.36. The number of hydrogen-bond donors (Lipinski definition) is 0. The van der Waals surface area contributed by atoms with Crippen LogP contribution in [0, 0.1) is 11.6 Å². The number of benzene rings is 2. The molecule has 0 fully saturated rings. The van der Waals surface area contributed by atoms with E-state index in [9.17, 15) is 8.78 Å². The smallest absolute Gasteiger partial charge is 0.131 e. The fourth-order valence-electron chi connectivity index (χ4n) is 2.67. The van der Waals surface area contributed by atoms with E-state index in [1.807, 2.05) is 18.2 Å². The summed E-state index contributed by atoms with van der Waals surface area (Å²) in [6.45, 7) is 0. The van der Waals surface area contributed by atoms with Crippen molar-refractivity contribution in [2.24, 2.45) is 0 Å². The summed E-state index contributed by atoms with van der Waals surface area (Å²) in [6.07, 6.45) is 3.24. The minimum atomic E-state index is -0.785. The highest BCUT2D eigenvalue weighted by molar-refractivity contribution is 6.22. The maximum Gasteiger partial charge on any atom is 0.131 e. The third-order valence-electron chi connectivity index (χ3n) is 3.67. The Kier molecular flexibility index (Phi) is 3.28. The molecule has 3 rings (SSSR count). The molecule has 0 N–H and O–H groups in total. The molecule has 2 aromatic carbocycles. The molecule has 0 amide bonds. The van der Waals surface area contributed by atoms with Crippen LogP contribution >= 0.6 is 11.6 Å². The highest BCUT2D eigenvalue weighted by atomic mass is 35.5. The van der Waals surface area contributed by atoms with Gasteiger partial charge in [-0.25, -0.2) is 8.78 Å². The topological polar surface area (TPSA) is 0 Å². The molecular formula is C16H13ClF2. The molecule has 3 heteroatoms. The molecule has 0 aromatic heterocycles. The fraction of sp³-hybridized carbons (Fsp3) is 0.250. The molecule has 1 atom stereocenters. The fourth-order valence-corrected chi connectivity index (χ4v) is 3.01. The van der Waals surface area contributed by atoms with E-state index in [2.05, 4.69) is 0 Å². The first kappa shape index (κ1) is 12.6. The van der Waals surface area contributed by atoms with Crippen LogP contribution in [-0.2, 0) is 12.8 Å². The van der Waals surface area contributed by atoms with Crippen molar-refractivity contribution < 1.29 is 8.78 Å². The van der Waals surface area contributed by atoms with E-state index >= 15 is 0 Å². The van der Waals surface area contributed by atoms with Gasteiger partial charge in [0.1, 0.15) is 11.6 Å². The van der Waals surface area contributed by atoms with Gasteiger partial charge in [-0.15, -0.1) is 11.6 Å². The average Bonchev–Trinajstić information content (AvgIpc) is 2.85. The lowest BCUT2D eigenvalue weighted by Gasteiger charge is -2.13. The van der Waals surface area contributed by atoms with Crippen LogP contribution in [-0.4, -0.2) is 0 Å². The quantitative estimate of drug-likeness (QED) is 0.694. The number of hydrogen-bond acceptors (Lipinski definition) is 0. The van der Waals surface area contributed by atoms with Gasteiger partial charge in [0.15, 0.2) is 0 Å². The average molecular weight is 279 g/mol. The summed E-state index contributed by atoms with van der Waals surface area (Å²) >= 11 is 6.26. The predicted molar refractivity (Wildman–Crippen MR) is 72.5 cm³/mol. The van der Waals surface area contributed by atoms with Crippen molar-refractivity contribution in [1.82, 2.24) is 0 Å². The van der Waals surface area contributed by atoms with Crippen molar-refractivity contribution in [3.63, 3.8) is 0 Å². The Morgan fingerprint density at radius 1 is 0.947 bits per heavy atom. The Morgan fingerprint density at radius 2 is 1.63 bits per heavy atom. The lowest BCUT2D eigenvalue weighted by atomic mass is 9.99. The van der Waals surface area contributed by atoms with Crippen molar-refractivity contribution >= 4 is 11.6 Å². The minimum absolute atomic E-state index is 0.0675. The van der Waals surface area contributed by atoms with E-state index < -0.39 is 17.0 Å². The summed E-state index contributed by atoms with van der Waals surface area (Å²) in [5.41, 5.74) is 3.26. The van der Waals surface area contributed by atoms with E-state index in [1.54, 1.807) is 0 Å². The van der Waals surface area contributed by atoms with E-state index in [4.69, 9.17) is 11.6 Å². The second-order valence-electron chi connectivity index (χ2n) is 4.88. The second-order valence-corrected chi connectivity index (χ2v) is 5.32. The van der Waals surface area contributed by atoms with Gasteiger partial charge in [0, 0.05) is 5.56 Å². The Morgan fingerprint density at radius 3 is 2.37 bits per heavy atom. The van der Waals surface area contributed by atoms with Gasteiger partial charge in [-0.05, 0) is 48.1 Å². The number of aryl methyl sites for hydroxylation is 2. The number of alkyl halides is 1. The van der Waals surface area contributed by atoms with Crippen LogP contribution in [0.4, 0.5) is 8.78 Å². The molecule has 0 bridgehead atoms. The molecule has 98 valence electrons. The Labute approximate surface area is 116 Å². The van der Waals surface area contributed by atoms with Gasteiger partial charge >= 0.3 is 0 Å². The number of halogens is 3. The number of rotatable bonds is 2. The highest BCUT2D eigenvalue weighted by Gasteiger charge is 2.21. The van der Waals surface area contributed by atoms with Gasteiger partial charge in [0.05, 0.1) is 5.38 Å². The summed E-state index contributed by atoms with van der Waals surface area (Å²) in [5.74, 6) is -1.19. The zero-order valence-electron chi connectivity index (χ0n) is 10.3. The largest absolute Gasteiger partial charge is 0.207 e. The molecule has 1 aliphatic rings. The normalized spacial score (nSPS) is 15.3. The molecule has 0 radical (unpaired) electrons. The summed E-state index contributed by atoms with van der Waals surface area (Å²) in [5, 5.41) is -0.785. The SMILES string of the molecule is Fc1cccc(F)c1C(Cl)c1ccc2c(c1)CCC2. The summed E-state index contributed by atoms with van der Waals surface area (Å²) in [4.78, 5) is 0. The van der Waals surface area contributed by atoms with Crippen LogP contribution in [0.1, 0.15) is 34.1 Å². The van der Waals surface area contributed by atoms with E-state index in [-0.39, 0.29) is 5.56 Å². The molecule has 0 saturated carbocycles.